The third-order valence-corrected chi connectivity index (χ3v) is 5.77. The van der Waals surface area contributed by atoms with Gasteiger partial charge in [-0.05, 0) is 50.9 Å². The number of carboxylic acid groups (broad SMARTS) is 1. The first-order chi connectivity index (χ1) is 8.97. The van der Waals surface area contributed by atoms with E-state index in [1.165, 1.54) is 37.4 Å². The molecule has 2 rings (SSSR count). The molecule has 0 heterocycles. The van der Waals surface area contributed by atoms with Crippen molar-refractivity contribution in [1.29, 1.82) is 0 Å². The summed E-state index contributed by atoms with van der Waals surface area (Å²) < 4.78 is 0. The standard InChI is InChI=1S/C14H23NO3S/c1-8(12-6-10-3-4-11(12)5-10)15-13(16)7-19-9(2)14(17)18/h8-12H,3-7H2,1-2H3,(H,15,16)(H,17,18)/t8-,9-,10-,11-,12+/m0/s1. The molecule has 2 aliphatic rings. The number of aliphatic carboxylic acids is 1. The van der Waals surface area contributed by atoms with E-state index in [4.69, 9.17) is 5.11 Å². The first-order valence-corrected chi connectivity index (χ1v) is 8.16. The summed E-state index contributed by atoms with van der Waals surface area (Å²) in [6, 6.07) is 0.225. The van der Waals surface area contributed by atoms with Crippen molar-refractivity contribution >= 4 is 23.6 Å². The molecular formula is C14H23NO3S. The zero-order valence-electron chi connectivity index (χ0n) is 11.6. The molecule has 0 spiro atoms. The Morgan fingerprint density at radius 3 is 2.58 bits per heavy atom. The quantitative estimate of drug-likeness (QED) is 0.784. The Hall–Kier alpha value is -0.710. The highest BCUT2D eigenvalue weighted by atomic mass is 32.2. The van der Waals surface area contributed by atoms with Crippen LogP contribution in [0, 0.1) is 17.8 Å². The molecule has 2 aliphatic carbocycles. The fourth-order valence-corrected chi connectivity index (χ4v) is 4.21. The van der Waals surface area contributed by atoms with Crippen LogP contribution in [0.3, 0.4) is 0 Å². The molecule has 2 fully saturated rings. The number of carbonyl (C=O) groups excluding carboxylic acids is 1. The Balaban J connectivity index is 1.71. The van der Waals surface area contributed by atoms with Gasteiger partial charge in [0.05, 0.1) is 11.0 Å². The van der Waals surface area contributed by atoms with Crippen LogP contribution in [0.1, 0.15) is 39.5 Å². The molecule has 0 radical (unpaired) electrons. The number of carbonyl (C=O) groups is 2. The van der Waals surface area contributed by atoms with Gasteiger partial charge in [0, 0.05) is 6.04 Å². The molecule has 1 amide bonds. The summed E-state index contributed by atoms with van der Waals surface area (Å²) in [6.07, 6.45) is 5.29. The molecular weight excluding hydrogens is 262 g/mol. The van der Waals surface area contributed by atoms with E-state index >= 15 is 0 Å². The van der Waals surface area contributed by atoms with Gasteiger partial charge in [0.25, 0.3) is 0 Å². The van der Waals surface area contributed by atoms with Crippen LogP contribution in [-0.2, 0) is 9.59 Å². The highest BCUT2D eigenvalue weighted by molar-refractivity contribution is 8.01. The molecule has 4 nitrogen and oxygen atoms in total. The van der Waals surface area contributed by atoms with Crippen molar-refractivity contribution in [3.05, 3.63) is 0 Å². The molecule has 5 heteroatoms. The van der Waals surface area contributed by atoms with E-state index in [9.17, 15) is 9.59 Å². The fraction of sp³-hybridized carbons (Fsp3) is 0.857. The Bertz CT molecular complexity index is 361. The first-order valence-electron chi connectivity index (χ1n) is 7.11. The number of carboxylic acids is 1. The van der Waals surface area contributed by atoms with E-state index in [-0.39, 0.29) is 17.7 Å². The summed E-state index contributed by atoms with van der Waals surface area (Å²) in [6.45, 7) is 3.70. The molecule has 0 aliphatic heterocycles. The number of fused-ring (bicyclic) bond motifs is 2. The topological polar surface area (TPSA) is 66.4 Å². The Morgan fingerprint density at radius 2 is 2.05 bits per heavy atom. The monoisotopic (exact) mass is 285 g/mol. The molecule has 5 atom stereocenters. The molecule has 0 unspecified atom stereocenters. The van der Waals surface area contributed by atoms with Gasteiger partial charge in [0.1, 0.15) is 0 Å². The summed E-state index contributed by atoms with van der Waals surface area (Å²) >= 11 is 1.18. The van der Waals surface area contributed by atoms with Crippen molar-refractivity contribution in [2.24, 2.45) is 17.8 Å². The molecule has 108 valence electrons. The number of hydrogen-bond donors (Lipinski definition) is 2. The Labute approximate surface area is 118 Å². The van der Waals surface area contributed by atoms with Gasteiger partial charge in [0.15, 0.2) is 0 Å². The molecule has 2 N–H and O–H groups in total. The van der Waals surface area contributed by atoms with Crippen LogP contribution in [0.4, 0.5) is 0 Å². The highest BCUT2D eigenvalue weighted by Crippen LogP contribution is 2.49. The lowest BCUT2D eigenvalue weighted by Gasteiger charge is -2.28. The predicted molar refractivity (Wildman–Crippen MR) is 76.1 cm³/mol. The average Bonchev–Trinajstić information content (AvgIpc) is 2.97. The Morgan fingerprint density at radius 1 is 1.32 bits per heavy atom. The molecule has 19 heavy (non-hydrogen) atoms. The lowest BCUT2D eigenvalue weighted by Crippen LogP contribution is -2.41. The summed E-state index contributed by atoms with van der Waals surface area (Å²) in [4.78, 5) is 22.5. The molecule has 0 aromatic rings. The Kier molecular flexibility index (Phi) is 4.76. The van der Waals surface area contributed by atoms with E-state index in [1.54, 1.807) is 6.92 Å². The third-order valence-electron chi connectivity index (χ3n) is 4.64. The van der Waals surface area contributed by atoms with Gasteiger partial charge in [0.2, 0.25) is 5.91 Å². The van der Waals surface area contributed by atoms with Crippen molar-refractivity contribution in [2.75, 3.05) is 5.75 Å². The molecule has 0 saturated heterocycles. The van der Waals surface area contributed by atoms with Crippen LogP contribution in [0.5, 0.6) is 0 Å². The lowest BCUT2D eigenvalue weighted by molar-refractivity contribution is -0.136. The van der Waals surface area contributed by atoms with Gasteiger partial charge in [-0.3, -0.25) is 9.59 Å². The number of nitrogens with one attached hydrogen (secondary N) is 1. The minimum Gasteiger partial charge on any atom is -0.480 e. The zero-order valence-corrected chi connectivity index (χ0v) is 12.4. The minimum absolute atomic E-state index is 0.0339. The second kappa shape index (κ2) is 6.16. The molecule has 0 aromatic carbocycles. The minimum atomic E-state index is -0.862. The first kappa shape index (κ1) is 14.7. The SMILES string of the molecule is C[C@H](SCC(=O)N[C@@H](C)[C@H]1C[C@H]2CC[C@H]1C2)C(=O)O. The second-order valence-electron chi connectivity index (χ2n) is 5.99. The number of hydrogen-bond acceptors (Lipinski definition) is 3. The van der Waals surface area contributed by atoms with Crippen molar-refractivity contribution in [2.45, 2.75) is 50.8 Å². The van der Waals surface area contributed by atoms with Crippen LogP contribution >= 0.6 is 11.8 Å². The maximum absolute atomic E-state index is 11.8. The fourth-order valence-electron chi connectivity index (χ4n) is 3.58. The van der Waals surface area contributed by atoms with Crippen molar-refractivity contribution < 1.29 is 14.7 Å². The normalized spacial score (nSPS) is 32.0. The van der Waals surface area contributed by atoms with Crippen molar-refractivity contribution in [3.63, 3.8) is 0 Å². The second-order valence-corrected chi connectivity index (χ2v) is 7.32. The number of thioether (sulfide) groups is 1. The smallest absolute Gasteiger partial charge is 0.316 e. The van der Waals surface area contributed by atoms with Gasteiger partial charge in [-0.15, -0.1) is 11.8 Å². The van der Waals surface area contributed by atoms with Gasteiger partial charge in [-0.2, -0.15) is 0 Å². The van der Waals surface area contributed by atoms with Gasteiger partial charge in [-0.1, -0.05) is 6.42 Å². The van der Waals surface area contributed by atoms with Crippen LogP contribution < -0.4 is 5.32 Å². The summed E-state index contributed by atoms with van der Waals surface area (Å²) in [7, 11) is 0. The predicted octanol–water partition coefficient (Wildman–Crippen LogP) is 2.13. The maximum atomic E-state index is 11.8. The van der Waals surface area contributed by atoms with E-state index < -0.39 is 11.2 Å². The lowest BCUT2D eigenvalue weighted by atomic mass is 9.84. The van der Waals surface area contributed by atoms with Crippen LogP contribution in [0.15, 0.2) is 0 Å². The van der Waals surface area contributed by atoms with E-state index in [0.717, 1.165) is 11.8 Å². The van der Waals surface area contributed by atoms with Gasteiger partial charge in [-0.25, -0.2) is 0 Å². The zero-order chi connectivity index (χ0) is 14.0. The molecule has 2 bridgehead atoms. The largest absolute Gasteiger partial charge is 0.480 e. The highest BCUT2D eigenvalue weighted by Gasteiger charge is 2.42. The third kappa shape index (κ3) is 3.65. The number of amides is 1. The molecule has 2 saturated carbocycles. The van der Waals surface area contributed by atoms with Gasteiger partial charge < -0.3 is 10.4 Å². The number of rotatable bonds is 6. The van der Waals surface area contributed by atoms with Crippen LogP contribution in [-0.4, -0.2) is 34.0 Å². The average molecular weight is 285 g/mol. The summed E-state index contributed by atoms with van der Waals surface area (Å²) in [5.74, 6) is 1.65. The van der Waals surface area contributed by atoms with E-state index in [1.807, 2.05) is 0 Å². The maximum Gasteiger partial charge on any atom is 0.316 e. The van der Waals surface area contributed by atoms with Crippen LogP contribution in [0.25, 0.3) is 0 Å². The van der Waals surface area contributed by atoms with Crippen molar-refractivity contribution in [1.82, 2.24) is 5.32 Å². The van der Waals surface area contributed by atoms with Crippen molar-refractivity contribution in [3.8, 4) is 0 Å². The summed E-state index contributed by atoms with van der Waals surface area (Å²) in [5.41, 5.74) is 0. The van der Waals surface area contributed by atoms with Gasteiger partial charge >= 0.3 is 5.97 Å². The van der Waals surface area contributed by atoms with E-state index in [2.05, 4.69) is 12.2 Å². The van der Waals surface area contributed by atoms with E-state index in [0.29, 0.717) is 5.92 Å². The van der Waals surface area contributed by atoms with Crippen LogP contribution in [0.2, 0.25) is 0 Å². The summed E-state index contributed by atoms with van der Waals surface area (Å²) in [5, 5.41) is 11.3. The molecule has 0 aromatic heterocycles.